The molecule has 0 saturated heterocycles. The molecule has 2 fully saturated rings. The fraction of sp³-hybridized carbons (Fsp3) is 0.643. The van der Waals surface area contributed by atoms with Crippen molar-refractivity contribution in [2.24, 2.45) is 52.8 Å². The second-order valence-electron chi connectivity index (χ2n) is 15.9. The summed E-state index contributed by atoms with van der Waals surface area (Å²) in [6.45, 7) is 14.4. The predicted octanol–water partition coefficient (Wildman–Crippen LogP) is 10.3. The van der Waals surface area contributed by atoms with E-state index in [1.807, 2.05) is 60.7 Å². The Bertz CT molecular complexity index is 1320. The Labute approximate surface area is 283 Å². The molecule has 0 aliphatic heterocycles. The number of esters is 1. The van der Waals surface area contributed by atoms with Gasteiger partial charge in [-0.2, -0.15) is 0 Å². The summed E-state index contributed by atoms with van der Waals surface area (Å²) in [7, 11) is 2.97. The number of methoxy groups -OCH3 is 2. The van der Waals surface area contributed by atoms with Crippen LogP contribution in [0.15, 0.2) is 66.7 Å². The molecular formula is C42H59FO4. The van der Waals surface area contributed by atoms with Crippen LogP contribution in [0.5, 0.6) is 0 Å². The lowest BCUT2D eigenvalue weighted by Crippen LogP contribution is -2.67. The third-order valence-electron chi connectivity index (χ3n) is 12.5. The first-order valence-electron chi connectivity index (χ1n) is 18.2. The molecule has 47 heavy (non-hydrogen) atoms. The predicted molar refractivity (Wildman–Crippen MR) is 188 cm³/mol. The van der Waals surface area contributed by atoms with Gasteiger partial charge >= 0.3 is 5.97 Å². The molecule has 0 radical (unpaired) electrons. The van der Waals surface area contributed by atoms with E-state index in [2.05, 4.69) is 47.6 Å². The summed E-state index contributed by atoms with van der Waals surface area (Å²) in [5.74, 6) is 0.679. The topological polar surface area (TPSA) is 44.8 Å². The van der Waals surface area contributed by atoms with Crippen LogP contribution in [0.2, 0.25) is 0 Å². The van der Waals surface area contributed by atoms with Gasteiger partial charge in [0.15, 0.2) is 5.79 Å². The number of ether oxygens (including phenoxy) is 3. The normalized spacial score (nSPS) is 36.3. The van der Waals surface area contributed by atoms with Gasteiger partial charge in [0.2, 0.25) is 5.67 Å². The van der Waals surface area contributed by atoms with Gasteiger partial charge in [-0.3, -0.25) is 0 Å². The van der Waals surface area contributed by atoms with E-state index in [9.17, 15) is 4.79 Å². The van der Waals surface area contributed by atoms with Crippen LogP contribution in [-0.4, -0.2) is 31.6 Å². The van der Waals surface area contributed by atoms with Crippen molar-refractivity contribution < 1.29 is 23.4 Å². The zero-order valence-electron chi connectivity index (χ0n) is 30.1. The molecule has 3 aliphatic carbocycles. The summed E-state index contributed by atoms with van der Waals surface area (Å²) in [5, 5.41) is 0. The number of rotatable bonds is 10. The fourth-order valence-corrected chi connectivity index (χ4v) is 10.1. The second-order valence-corrected chi connectivity index (χ2v) is 15.9. The maximum Gasteiger partial charge on any atom is 0.348 e. The maximum atomic E-state index is 18.2. The van der Waals surface area contributed by atoms with E-state index in [4.69, 9.17) is 14.2 Å². The van der Waals surface area contributed by atoms with Gasteiger partial charge in [0.25, 0.3) is 0 Å². The van der Waals surface area contributed by atoms with Crippen molar-refractivity contribution in [3.63, 3.8) is 0 Å². The van der Waals surface area contributed by atoms with E-state index in [0.29, 0.717) is 46.6 Å². The first-order valence-corrected chi connectivity index (χ1v) is 18.2. The molecule has 258 valence electrons. The Hall–Kier alpha value is -2.50. The summed E-state index contributed by atoms with van der Waals surface area (Å²) >= 11 is 0. The molecule has 0 spiro atoms. The van der Waals surface area contributed by atoms with E-state index in [1.165, 1.54) is 20.0 Å². The largest absolute Gasteiger partial charge is 0.466 e. The number of benzene rings is 2. The van der Waals surface area contributed by atoms with Crippen LogP contribution in [0, 0.1) is 52.8 Å². The van der Waals surface area contributed by atoms with Gasteiger partial charge in [0.05, 0.1) is 20.1 Å². The first-order chi connectivity index (χ1) is 22.4. The highest BCUT2D eigenvalue weighted by Gasteiger charge is 2.70. The van der Waals surface area contributed by atoms with Crippen molar-refractivity contribution in [2.45, 2.75) is 105 Å². The van der Waals surface area contributed by atoms with Crippen LogP contribution in [0.1, 0.15) is 97.6 Å². The van der Waals surface area contributed by atoms with Crippen LogP contribution < -0.4 is 0 Å². The third-order valence-corrected chi connectivity index (χ3v) is 12.5. The summed E-state index contributed by atoms with van der Waals surface area (Å²) in [6, 6.07) is 19.8. The van der Waals surface area contributed by atoms with E-state index in [-0.39, 0.29) is 24.9 Å². The van der Waals surface area contributed by atoms with Crippen LogP contribution in [0.25, 0.3) is 5.57 Å². The van der Waals surface area contributed by atoms with Crippen molar-refractivity contribution in [1.29, 1.82) is 0 Å². The number of carbonyl (C=O) groups is 1. The summed E-state index contributed by atoms with van der Waals surface area (Å²) in [5.41, 5.74) is -1.06. The number of hydrogen-bond donors (Lipinski definition) is 0. The summed E-state index contributed by atoms with van der Waals surface area (Å²) in [4.78, 5) is 13.8. The lowest BCUT2D eigenvalue weighted by atomic mass is 9.44. The lowest BCUT2D eigenvalue weighted by molar-refractivity contribution is -0.335. The van der Waals surface area contributed by atoms with Crippen LogP contribution in [0.3, 0.4) is 0 Å². The molecular weight excluding hydrogens is 587 g/mol. The minimum Gasteiger partial charge on any atom is -0.466 e. The maximum absolute atomic E-state index is 18.2. The molecule has 8 atom stereocenters. The number of halogens is 1. The summed E-state index contributed by atoms with van der Waals surface area (Å²) in [6.07, 6.45) is 8.55. The number of carbonyl (C=O) groups excluding carboxylic acids is 1. The Morgan fingerprint density at radius 2 is 1.32 bits per heavy atom. The highest BCUT2D eigenvalue weighted by molar-refractivity contribution is 5.97. The quantitative estimate of drug-likeness (QED) is 0.190. The average Bonchev–Trinajstić information content (AvgIpc) is 3.07. The van der Waals surface area contributed by atoms with Gasteiger partial charge in [0.1, 0.15) is 0 Å². The van der Waals surface area contributed by atoms with Gasteiger partial charge in [-0.25, -0.2) is 9.18 Å². The van der Waals surface area contributed by atoms with Gasteiger partial charge in [-0.05, 0) is 84.2 Å². The van der Waals surface area contributed by atoms with Gasteiger partial charge in [0, 0.05) is 18.1 Å². The monoisotopic (exact) mass is 646 g/mol. The molecule has 5 rings (SSSR count). The van der Waals surface area contributed by atoms with Crippen LogP contribution in [0.4, 0.5) is 4.39 Å². The summed E-state index contributed by atoms with van der Waals surface area (Å²) < 4.78 is 37.5. The molecule has 2 saturated carbocycles. The Morgan fingerprint density at radius 1 is 0.809 bits per heavy atom. The highest BCUT2D eigenvalue weighted by atomic mass is 19.1. The molecule has 0 N–H and O–H groups in total. The van der Waals surface area contributed by atoms with Gasteiger partial charge < -0.3 is 14.2 Å². The Morgan fingerprint density at radius 3 is 1.79 bits per heavy atom. The van der Waals surface area contributed by atoms with E-state index < -0.39 is 22.8 Å². The zero-order chi connectivity index (χ0) is 34.0. The van der Waals surface area contributed by atoms with E-state index in [1.54, 1.807) is 7.11 Å². The Kier molecular flexibility index (Phi) is 11.1. The molecule has 4 nitrogen and oxygen atoms in total. The SMILES string of the molecule is COC(=O)C1(F)CC(OC)(OCc2ccccc2)C(C2CC(C)CCC2C(C)C)(C2CC(C)CCC2C(C)C)C=C1c1ccccc1. The van der Waals surface area contributed by atoms with Crippen molar-refractivity contribution in [2.75, 3.05) is 14.2 Å². The standard InChI is InChI=1S/C42H59FO4/c1-28(2)34-21-19-30(5)23-36(34)40(37-24-31(6)20-22-35(37)29(3)4)25-38(33-17-13-10-14-18-33)41(43,39(44)45-7)27-42(40,46-8)47-26-32-15-11-9-12-16-32/h9-18,25,28-31,34-37H,19-24,26-27H2,1-8H3. The molecule has 0 aromatic heterocycles. The van der Waals surface area contributed by atoms with Gasteiger partial charge in [-0.15, -0.1) is 0 Å². The van der Waals surface area contributed by atoms with Crippen molar-refractivity contribution in [3.05, 3.63) is 77.9 Å². The second kappa shape index (κ2) is 14.5. The van der Waals surface area contributed by atoms with E-state index in [0.717, 1.165) is 31.2 Å². The van der Waals surface area contributed by atoms with Crippen molar-refractivity contribution in [1.82, 2.24) is 0 Å². The van der Waals surface area contributed by atoms with E-state index >= 15 is 4.39 Å². The van der Waals surface area contributed by atoms with Crippen LogP contribution in [-0.2, 0) is 25.6 Å². The molecule has 0 amide bonds. The smallest absolute Gasteiger partial charge is 0.348 e. The van der Waals surface area contributed by atoms with Gasteiger partial charge in [-0.1, -0.05) is 121 Å². The minimum atomic E-state index is -2.46. The van der Waals surface area contributed by atoms with Crippen molar-refractivity contribution in [3.8, 4) is 0 Å². The minimum absolute atomic E-state index is 0.166. The number of hydrogen-bond acceptors (Lipinski definition) is 4. The van der Waals surface area contributed by atoms with Crippen molar-refractivity contribution >= 4 is 11.5 Å². The molecule has 0 bridgehead atoms. The van der Waals surface area contributed by atoms with Crippen LogP contribution >= 0.6 is 0 Å². The Balaban J connectivity index is 1.90. The number of alkyl halides is 1. The molecule has 5 heteroatoms. The average molecular weight is 647 g/mol. The fourth-order valence-electron chi connectivity index (χ4n) is 10.1. The molecule has 3 aliphatic rings. The molecule has 8 unspecified atom stereocenters. The molecule has 2 aromatic rings. The lowest BCUT2D eigenvalue weighted by Gasteiger charge is -2.64. The third kappa shape index (κ3) is 6.61. The molecule has 0 heterocycles. The highest BCUT2D eigenvalue weighted by Crippen LogP contribution is 2.68. The first kappa shape index (κ1) is 35.8. The zero-order valence-corrected chi connectivity index (χ0v) is 30.1. The molecule has 2 aromatic carbocycles.